The number of amides is 1. The average Bonchev–Trinajstić information content (AvgIpc) is 2.19. The van der Waals surface area contributed by atoms with E-state index in [1.807, 2.05) is 24.3 Å². The smallest absolute Gasteiger partial charge is 0.211 e. The summed E-state index contributed by atoms with van der Waals surface area (Å²) in [6.45, 7) is 0. The van der Waals surface area contributed by atoms with Gasteiger partial charge in [0, 0.05) is 28.9 Å². The van der Waals surface area contributed by atoms with Gasteiger partial charge in [0.2, 0.25) is 6.41 Å². The second-order valence-electron chi connectivity index (χ2n) is 2.66. The van der Waals surface area contributed by atoms with Crippen molar-refractivity contribution in [3.05, 3.63) is 36.7 Å². The Morgan fingerprint density at radius 3 is 3.08 bits per heavy atom. The normalized spacial score (nSPS) is 9.85. The van der Waals surface area contributed by atoms with Gasteiger partial charge in [-0.1, -0.05) is 12.1 Å². The molecule has 1 aromatic heterocycles. The number of anilines is 1. The predicted molar refractivity (Wildman–Crippen MR) is 51.4 cm³/mol. The number of hydrogen-bond donors (Lipinski definition) is 1. The largest absolute Gasteiger partial charge is 0.328 e. The highest BCUT2D eigenvalue weighted by Crippen LogP contribution is 2.21. The summed E-state index contributed by atoms with van der Waals surface area (Å²) >= 11 is 0. The number of nitrogens with zero attached hydrogens (tertiary/aromatic N) is 1. The van der Waals surface area contributed by atoms with E-state index in [0.717, 1.165) is 16.5 Å². The van der Waals surface area contributed by atoms with Crippen molar-refractivity contribution in [2.75, 3.05) is 5.32 Å². The minimum absolute atomic E-state index is 0.676. The van der Waals surface area contributed by atoms with Crippen molar-refractivity contribution < 1.29 is 4.79 Å². The van der Waals surface area contributed by atoms with Gasteiger partial charge in [0.15, 0.2) is 0 Å². The Hall–Kier alpha value is -1.90. The molecule has 0 unspecified atom stereocenters. The van der Waals surface area contributed by atoms with Gasteiger partial charge in [0.05, 0.1) is 0 Å². The minimum Gasteiger partial charge on any atom is -0.328 e. The van der Waals surface area contributed by atoms with Crippen LogP contribution in [0.5, 0.6) is 0 Å². The fourth-order valence-corrected chi connectivity index (χ4v) is 1.31. The number of hydrogen-bond acceptors (Lipinski definition) is 2. The molecule has 0 saturated heterocycles. The molecule has 13 heavy (non-hydrogen) atoms. The van der Waals surface area contributed by atoms with Gasteiger partial charge >= 0.3 is 0 Å². The molecule has 0 fully saturated rings. The van der Waals surface area contributed by atoms with Gasteiger partial charge in [-0.15, -0.1) is 0 Å². The van der Waals surface area contributed by atoms with Crippen molar-refractivity contribution >= 4 is 22.9 Å². The maximum Gasteiger partial charge on any atom is 0.211 e. The molecular weight excluding hydrogens is 164 g/mol. The maximum absolute atomic E-state index is 10.3. The highest BCUT2D eigenvalue weighted by atomic mass is 16.1. The number of fused-ring (bicyclic) bond motifs is 1. The first-order chi connectivity index (χ1) is 6.42. The third kappa shape index (κ3) is 1.36. The minimum atomic E-state index is 0.676. The molecule has 0 radical (unpaired) electrons. The van der Waals surface area contributed by atoms with E-state index in [0.29, 0.717) is 6.41 Å². The van der Waals surface area contributed by atoms with Gasteiger partial charge in [-0.2, -0.15) is 0 Å². The van der Waals surface area contributed by atoms with Gasteiger partial charge in [-0.3, -0.25) is 9.78 Å². The third-order valence-electron chi connectivity index (χ3n) is 1.90. The lowest BCUT2D eigenvalue weighted by Crippen LogP contribution is -1.94. The monoisotopic (exact) mass is 172 g/mol. The van der Waals surface area contributed by atoms with Gasteiger partial charge in [-0.25, -0.2) is 0 Å². The third-order valence-corrected chi connectivity index (χ3v) is 1.90. The first-order valence-corrected chi connectivity index (χ1v) is 3.95. The number of benzene rings is 1. The van der Waals surface area contributed by atoms with E-state index in [4.69, 9.17) is 0 Å². The Morgan fingerprint density at radius 2 is 2.23 bits per heavy atom. The van der Waals surface area contributed by atoms with Crippen molar-refractivity contribution in [3.63, 3.8) is 0 Å². The SMILES string of the molecule is O=CNc1cccc2cnccc12. The Morgan fingerprint density at radius 1 is 1.31 bits per heavy atom. The van der Waals surface area contributed by atoms with Crippen molar-refractivity contribution in [2.45, 2.75) is 0 Å². The maximum atomic E-state index is 10.3. The van der Waals surface area contributed by atoms with Crippen molar-refractivity contribution in [1.29, 1.82) is 0 Å². The van der Waals surface area contributed by atoms with Crippen molar-refractivity contribution in [1.82, 2.24) is 4.98 Å². The van der Waals surface area contributed by atoms with E-state index in [-0.39, 0.29) is 0 Å². The molecule has 0 bridgehead atoms. The number of rotatable bonds is 2. The topological polar surface area (TPSA) is 42.0 Å². The molecule has 1 heterocycles. The van der Waals surface area contributed by atoms with Crippen LogP contribution >= 0.6 is 0 Å². The van der Waals surface area contributed by atoms with E-state index in [1.165, 1.54) is 0 Å². The van der Waals surface area contributed by atoms with Crippen LogP contribution in [0.25, 0.3) is 10.8 Å². The predicted octanol–water partition coefficient (Wildman–Crippen LogP) is 1.80. The molecular formula is C10H8N2O. The molecule has 0 atom stereocenters. The van der Waals surface area contributed by atoms with Crippen LogP contribution in [-0.4, -0.2) is 11.4 Å². The summed E-state index contributed by atoms with van der Waals surface area (Å²) < 4.78 is 0. The molecule has 3 heteroatoms. The molecule has 1 amide bonds. The van der Waals surface area contributed by atoms with E-state index in [1.54, 1.807) is 12.4 Å². The van der Waals surface area contributed by atoms with Gasteiger partial charge < -0.3 is 5.32 Å². The zero-order valence-corrected chi connectivity index (χ0v) is 6.90. The number of nitrogens with one attached hydrogen (secondary N) is 1. The second-order valence-corrected chi connectivity index (χ2v) is 2.66. The summed E-state index contributed by atoms with van der Waals surface area (Å²) in [4.78, 5) is 14.3. The summed E-state index contributed by atoms with van der Waals surface area (Å²) in [6.07, 6.45) is 4.15. The van der Waals surface area contributed by atoms with Gasteiger partial charge in [0.1, 0.15) is 0 Å². The van der Waals surface area contributed by atoms with Crippen LogP contribution in [0.15, 0.2) is 36.7 Å². The summed E-state index contributed by atoms with van der Waals surface area (Å²) in [5.41, 5.74) is 0.815. The molecule has 1 N–H and O–H groups in total. The number of carbonyl (C=O) groups is 1. The van der Waals surface area contributed by atoms with E-state index < -0.39 is 0 Å². The molecule has 3 nitrogen and oxygen atoms in total. The fourth-order valence-electron chi connectivity index (χ4n) is 1.31. The summed E-state index contributed by atoms with van der Waals surface area (Å²) in [5.74, 6) is 0. The van der Waals surface area contributed by atoms with Gasteiger partial charge in [0.25, 0.3) is 0 Å². The zero-order chi connectivity index (χ0) is 9.10. The molecule has 64 valence electrons. The summed E-state index contributed by atoms with van der Waals surface area (Å²) in [6, 6.07) is 7.58. The molecule has 2 aromatic rings. The number of pyridine rings is 1. The zero-order valence-electron chi connectivity index (χ0n) is 6.90. The summed E-state index contributed by atoms with van der Waals surface area (Å²) in [5, 5.41) is 4.67. The highest BCUT2D eigenvalue weighted by molar-refractivity contribution is 5.96. The number of carbonyl (C=O) groups excluding carboxylic acids is 1. The summed E-state index contributed by atoms with van der Waals surface area (Å²) in [7, 11) is 0. The Bertz CT molecular complexity index is 434. The van der Waals surface area contributed by atoms with Crippen LogP contribution < -0.4 is 5.32 Å². The van der Waals surface area contributed by atoms with Crippen LogP contribution in [0.1, 0.15) is 0 Å². The van der Waals surface area contributed by atoms with Gasteiger partial charge in [-0.05, 0) is 12.1 Å². The molecule has 0 aliphatic carbocycles. The molecule has 0 saturated carbocycles. The highest BCUT2D eigenvalue weighted by Gasteiger charge is 1.97. The second kappa shape index (κ2) is 3.23. The van der Waals surface area contributed by atoms with E-state index in [2.05, 4.69) is 10.3 Å². The van der Waals surface area contributed by atoms with Crippen molar-refractivity contribution in [2.24, 2.45) is 0 Å². The lowest BCUT2D eigenvalue weighted by Gasteiger charge is -2.02. The standard InChI is InChI=1S/C10H8N2O/c13-7-12-10-3-1-2-8-6-11-5-4-9(8)10/h1-7H,(H,12,13). The van der Waals surface area contributed by atoms with Crippen LogP contribution in [0, 0.1) is 0 Å². The van der Waals surface area contributed by atoms with Crippen molar-refractivity contribution in [3.8, 4) is 0 Å². The number of aromatic nitrogens is 1. The quantitative estimate of drug-likeness (QED) is 0.702. The molecule has 1 aromatic carbocycles. The molecule has 0 aliphatic rings. The first kappa shape index (κ1) is 7.73. The Balaban J connectivity index is 2.68. The van der Waals surface area contributed by atoms with E-state index in [9.17, 15) is 4.79 Å². The van der Waals surface area contributed by atoms with Crippen LogP contribution in [-0.2, 0) is 4.79 Å². The molecule has 2 rings (SSSR count). The molecule has 0 aliphatic heterocycles. The fraction of sp³-hybridized carbons (Fsp3) is 0. The lowest BCUT2D eigenvalue weighted by atomic mass is 10.1. The van der Waals surface area contributed by atoms with E-state index >= 15 is 0 Å². The van der Waals surface area contributed by atoms with Crippen LogP contribution in [0.3, 0.4) is 0 Å². The lowest BCUT2D eigenvalue weighted by molar-refractivity contribution is -0.105. The van der Waals surface area contributed by atoms with Crippen LogP contribution in [0.4, 0.5) is 5.69 Å². The average molecular weight is 172 g/mol. The first-order valence-electron chi connectivity index (χ1n) is 3.95. The Kier molecular flexibility index (Phi) is 1.92. The Labute approximate surface area is 75.4 Å². The van der Waals surface area contributed by atoms with Crippen LogP contribution in [0.2, 0.25) is 0 Å². The molecule has 0 spiro atoms.